The molecule has 0 aliphatic rings. The number of nitrogens with one attached hydrogen (secondary N) is 1. The van der Waals surface area contributed by atoms with Gasteiger partial charge in [-0.2, -0.15) is 5.10 Å². The van der Waals surface area contributed by atoms with Crippen LogP contribution in [0.4, 0.5) is 4.39 Å². The normalized spacial score (nSPS) is 12.7. The maximum atomic E-state index is 13.8. The highest BCUT2D eigenvalue weighted by molar-refractivity contribution is 5.77. The first kappa shape index (κ1) is 20.5. The van der Waals surface area contributed by atoms with Crippen molar-refractivity contribution >= 4 is 16.9 Å². The molecule has 3 aromatic rings. The summed E-state index contributed by atoms with van der Waals surface area (Å²) in [5.74, 6) is -0.707. The lowest BCUT2D eigenvalue weighted by Gasteiger charge is -2.31. The summed E-state index contributed by atoms with van der Waals surface area (Å²) < 4.78 is 22.1. The third-order valence-electron chi connectivity index (χ3n) is 4.65. The van der Waals surface area contributed by atoms with E-state index in [1.165, 1.54) is 33.9 Å². The molecular formula is C20H24FN5O3. The second kappa shape index (κ2) is 8.02. The molecule has 1 atom stereocenters. The number of aryl methyl sites for hydroxylation is 1. The van der Waals surface area contributed by atoms with Gasteiger partial charge in [-0.25, -0.2) is 9.37 Å². The SMILES string of the molecule is Cn1ncc2c(=O)n(CC(=O)NC(COc3ccccc3F)C(C)(C)C)cnc21. The molecule has 1 unspecified atom stereocenters. The number of halogens is 1. The number of nitrogens with zero attached hydrogens (tertiary/aromatic N) is 4. The molecule has 2 aromatic heterocycles. The summed E-state index contributed by atoms with van der Waals surface area (Å²) in [4.78, 5) is 29.3. The number of amides is 1. The summed E-state index contributed by atoms with van der Waals surface area (Å²) in [6, 6.07) is 5.70. The number of hydrogen-bond acceptors (Lipinski definition) is 5. The maximum absolute atomic E-state index is 13.8. The number of carbonyl (C=O) groups is 1. The largest absolute Gasteiger partial charge is 0.488 e. The minimum Gasteiger partial charge on any atom is -0.488 e. The monoisotopic (exact) mass is 401 g/mol. The smallest absolute Gasteiger partial charge is 0.264 e. The fourth-order valence-electron chi connectivity index (χ4n) is 2.82. The van der Waals surface area contributed by atoms with Crippen LogP contribution in [-0.4, -0.2) is 37.9 Å². The quantitative estimate of drug-likeness (QED) is 0.681. The molecule has 0 radical (unpaired) electrons. The summed E-state index contributed by atoms with van der Waals surface area (Å²) >= 11 is 0. The van der Waals surface area contributed by atoms with Crippen molar-refractivity contribution < 1.29 is 13.9 Å². The zero-order valence-corrected chi connectivity index (χ0v) is 16.8. The zero-order valence-electron chi connectivity index (χ0n) is 16.8. The van der Waals surface area contributed by atoms with E-state index in [0.29, 0.717) is 11.0 Å². The first-order valence-electron chi connectivity index (χ1n) is 9.20. The van der Waals surface area contributed by atoms with Crippen LogP contribution in [0.3, 0.4) is 0 Å². The van der Waals surface area contributed by atoms with Gasteiger partial charge in [-0.05, 0) is 17.5 Å². The number of hydrogen-bond donors (Lipinski definition) is 1. The van der Waals surface area contributed by atoms with Crippen molar-refractivity contribution in [3.8, 4) is 5.75 Å². The third kappa shape index (κ3) is 4.61. The van der Waals surface area contributed by atoms with E-state index in [4.69, 9.17) is 4.74 Å². The molecule has 9 heteroatoms. The summed E-state index contributed by atoms with van der Waals surface area (Å²) in [6.07, 6.45) is 2.76. The second-order valence-electron chi connectivity index (χ2n) is 7.91. The second-order valence-corrected chi connectivity index (χ2v) is 7.91. The Morgan fingerprint density at radius 2 is 2.03 bits per heavy atom. The van der Waals surface area contributed by atoms with Gasteiger partial charge in [-0.3, -0.25) is 18.8 Å². The average Bonchev–Trinajstić information content (AvgIpc) is 3.03. The van der Waals surface area contributed by atoms with Gasteiger partial charge in [0, 0.05) is 7.05 Å². The number of carbonyl (C=O) groups excluding carboxylic acids is 1. The van der Waals surface area contributed by atoms with E-state index in [9.17, 15) is 14.0 Å². The van der Waals surface area contributed by atoms with Crippen molar-refractivity contribution in [2.45, 2.75) is 33.4 Å². The molecular weight excluding hydrogens is 377 g/mol. The minimum absolute atomic E-state index is 0.0883. The van der Waals surface area contributed by atoms with Crippen molar-refractivity contribution in [2.24, 2.45) is 12.5 Å². The molecule has 0 spiro atoms. The molecule has 8 nitrogen and oxygen atoms in total. The fraction of sp³-hybridized carbons (Fsp3) is 0.400. The highest BCUT2D eigenvalue weighted by Crippen LogP contribution is 2.22. The Labute approximate surface area is 167 Å². The van der Waals surface area contributed by atoms with Crippen molar-refractivity contribution in [1.29, 1.82) is 0 Å². The molecule has 0 aliphatic heterocycles. The molecule has 0 fully saturated rings. The van der Waals surface area contributed by atoms with E-state index < -0.39 is 11.9 Å². The Morgan fingerprint density at radius 3 is 2.72 bits per heavy atom. The lowest BCUT2D eigenvalue weighted by Crippen LogP contribution is -2.49. The van der Waals surface area contributed by atoms with Crippen LogP contribution in [0.25, 0.3) is 11.0 Å². The Morgan fingerprint density at radius 1 is 1.31 bits per heavy atom. The first-order chi connectivity index (χ1) is 13.7. The number of rotatable bonds is 6. The number of benzene rings is 1. The van der Waals surface area contributed by atoms with Gasteiger partial charge in [0.25, 0.3) is 5.56 Å². The fourth-order valence-corrected chi connectivity index (χ4v) is 2.82. The number of para-hydroxylation sites is 1. The zero-order chi connectivity index (χ0) is 21.2. The Bertz CT molecular complexity index is 1080. The van der Waals surface area contributed by atoms with Crippen molar-refractivity contribution in [3.63, 3.8) is 0 Å². The number of fused-ring (bicyclic) bond motifs is 1. The van der Waals surface area contributed by atoms with Crippen LogP contribution < -0.4 is 15.6 Å². The molecule has 1 aromatic carbocycles. The van der Waals surface area contributed by atoms with E-state index >= 15 is 0 Å². The summed E-state index contributed by atoms with van der Waals surface area (Å²) in [5, 5.41) is 7.24. The van der Waals surface area contributed by atoms with Crippen LogP contribution in [0.2, 0.25) is 0 Å². The van der Waals surface area contributed by atoms with Crippen molar-refractivity contribution in [3.05, 3.63) is 53.0 Å². The summed E-state index contributed by atoms with van der Waals surface area (Å²) in [5.41, 5.74) is -0.233. The molecule has 29 heavy (non-hydrogen) atoms. The topological polar surface area (TPSA) is 91.0 Å². The Hall–Kier alpha value is -3.23. The van der Waals surface area contributed by atoms with Crippen LogP contribution in [0.5, 0.6) is 5.75 Å². The van der Waals surface area contributed by atoms with Crippen molar-refractivity contribution in [1.82, 2.24) is 24.6 Å². The molecule has 0 aliphatic carbocycles. The molecule has 0 bridgehead atoms. The van der Waals surface area contributed by atoms with Crippen LogP contribution in [0, 0.1) is 11.2 Å². The lowest BCUT2D eigenvalue weighted by atomic mass is 9.87. The average molecular weight is 401 g/mol. The van der Waals surface area contributed by atoms with Crippen LogP contribution in [0.15, 0.2) is 41.6 Å². The molecule has 154 valence electrons. The highest BCUT2D eigenvalue weighted by Gasteiger charge is 2.27. The Balaban J connectivity index is 1.71. The molecule has 0 saturated heterocycles. The summed E-state index contributed by atoms with van der Waals surface area (Å²) in [7, 11) is 1.69. The maximum Gasteiger partial charge on any atom is 0.264 e. The predicted molar refractivity (Wildman–Crippen MR) is 106 cm³/mol. The summed E-state index contributed by atoms with van der Waals surface area (Å²) in [6.45, 7) is 5.72. The van der Waals surface area contributed by atoms with Crippen LogP contribution in [0.1, 0.15) is 20.8 Å². The van der Waals surface area contributed by atoms with E-state index in [-0.39, 0.29) is 35.8 Å². The van der Waals surface area contributed by atoms with Gasteiger partial charge in [-0.1, -0.05) is 32.9 Å². The predicted octanol–water partition coefficient (Wildman–Crippen LogP) is 1.88. The molecule has 1 N–H and O–H groups in total. The lowest BCUT2D eigenvalue weighted by molar-refractivity contribution is -0.123. The van der Waals surface area contributed by atoms with E-state index in [1.807, 2.05) is 20.8 Å². The van der Waals surface area contributed by atoms with Gasteiger partial charge >= 0.3 is 0 Å². The molecule has 3 rings (SSSR count). The Kier molecular flexibility index (Phi) is 5.67. The third-order valence-corrected chi connectivity index (χ3v) is 4.65. The number of aromatic nitrogens is 4. The first-order valence-corrected chi connectivity index (χ1v) is 9.20. The molecule has 0 saturated carbocycles. The molecule has 1 amide bonds. The van der Waals surface area contributed by atoms with E-state index in [2.05, 4.69) is 15.4 Å². The molecule has 2 heterocycles. The van der Waals surface area contributed by atoms with Gasteiger partial charge in [0.15, 0.2) is 17.2 Å². The minimum atomic E-state index is -0.464. The number of ether oxygens (including phenoxy) is 1. The van der Waals surface area contributed by atoms with Crippen LogP contribution in [-0.2, 0) is 18.4 Å². The highest BCUT2D eigenvalue weighted by atomic mass is 19.1. The van der Waals surface area contributed by atoms with Gasteiger partial charge in [0.2, 0.25) is 5.91 Å². The van der Waals surface area contributed by atoms with Gasteiger partial charge < -0.3 is 10.1 Å². The van der Waals surface area contributed by atoms with Gasteiger partial charge in [0.1, 0.15) is 24.9 Å². The van der Waals surface area contributed by atoms with E-state index in [1.54, 1.807) is 19.2 Å². The van der Waals surface area contributed by atoms with Crippen molar-refractivity contribution in [2.75, 3.05) is 6.61 Å². The standard InChI is InChI=1S/C20H24FN5O3/c1-20(2,3)16(11-29-15-8-6-5-7-14(15)21)24-17(27)10-26-12-22-18-13(19(26)28)9-23-25(18)4/h5-9,12,16H,10-11H2,1-4H3,(H,24,27). The van der Waals surface area contributed by atoms with Crippen LogP contribution >= 0.6 is 0 Å². The van der Waals surface area contributed by atoms with E-state index in [0.717, 1.165) is 0 Å². The van der Waals surface area contributed by atoms with Gasteiger partial charge in [0.05, 0.1) is 12.2 Å². The van der Waals surface area contributed by atoms with Gasteiger partial charge in [-0.15, -0.1) is 0 Å².